The monoisotopic (exact) mass is 382 g/mol. The molecule has 2 aliphatic rings. The summed E-state index contributed by atoms with van der Waals surface area (Å²) in [6.07, 6.45) is 9.73. The standard InChI is InChI=1S/C21H32ClFOSi/c1-2-11-25-12-9-18(10-13-25)17-5-3-16(4-6-17)15-24-19-7-8-20(22)21(23)14-19/h7-8,14,16-18,25H,2-6,9-13,15H2,1H3/t16-,17-,18?,25?. The fourth-order valence-electron chi connectivity index (χ4n) is 4.96. The molecule has 0 aromatic heterocycles. The molecule has 1 aliphatic heterocycles. The average molecular weight is 383 g/mol. The Morgan fingerprint density at radius 1 is 1.08 bits per heavy atom. The molecule has 1 aromatic carbocycles. The molecule has 4 heteroatoms. The van der Waals surface area contributed by atoms with Crippen LogP contribution in [0.5, 0.6) is 5.75 Å². The van der Waals surface area contributed by atoms with Gasteiger partial charge in [-0.05, 0) is 55.6 Å². The van der Waals surface area contributed by atoms with Crippen LogP contribution in [0.25, 0.3) is 0 Å². The summed E-state index contributed by atoms with van der Waals surface area (Å²) in [7, 11) is -0.345. The highest BCUT2D eigenvalue weighted by Gasteiger charge is 2.31. The normalized spacial score (nSPS) is 30.2. The van der Waals surface area contributed by atoms with Crippen molar-refractivity contribution in [1.29, 1.82) is 0 Å². The molecule has 1 saturated heterocycles. The highest BCUT2D eigenvalue weighted by Crippen LogP contribution is 2.41. The predicted octanol–water partition coefficient (Wildman–Crippen LogP) is 6.71. The topological polar surface area (TPSA) is 9.23 Å². The molecule has 0 amide bonds. The maximum atomic E-state index is 13.5. The van der Waals surface area contributed by atoms with Crippen LogP contribution in [0, 0.1) is 23.6 Å². The smallest absolute Gasteiger partial charge is 0.145 e. The molecule has 0 radical (unpaired) electrons. The highest BCUT2D eigenvalue weighted by atomic mass is 35.5. The Kier molecular flexibility index (Phi) is 7.24. The Hall–Kier alpha value is -0.543. The van der Waals surface area contributed by atoms with Gasteiger partial charge in [-0.3, -0.25) is 0 Å². The van der Waals surface area contributed by atoms with Crippen molar-refractivity contribution in [2.45, 2.75) is 70.0 Å². The largest absolute Gasteiger partial charge is 0.493 e. The third-order valence-electron chi connectivity index (χ3n) is 6.52. The fraction of sp³-hybridized carbons (Fsp3) is 0.714. The van der Waals surface area contributed by atoms with E-state index < -0.39 is 5.82 Å². The molecule has 0 bridgehead atoms. The quantitative estimate of drug-likeness (QED) is 0.496. The molecular weight excluding hydrogens is 351 g/mol. The molecule has 1 nitrogen and oxygen atoms in total. The van der Waals surface area contributed by atoms with Gasteiger partial charge in [0.1, 0.15) is 11.6 Å². The molecule has 2 fully saturated rings. The number of rotatable bonds is 6. The van der Waals surface area contributed by atoms with Gasteiger partial charge in [-0.15, -0.1) is 0 Å². The zero-order valence-electron chi connectivity index (χ0n) is 15.5. The summed E-state index contributed by atoms with van der Waals surface area (Å²) >= 11 is 5.72. The minimum absolute atomic E-state index is 0.157. The van der Waals surface area contributed by atoms with Crippen molar-refractivity contribution in [3.63, 3.8) is 0 Å². The maximum Gasteiger partial charge on any atom is 0.145 e. The maximum absolute atomic E-state index is 13.5. The zero-order chi connectivity index (χ0) is 17.6. The third kappa shape index (κ3) is 5.46. The van der Waals surface area contributed by atoms with Gasteiger partial charge >= 0.3 is 0 Å². The molecule has 1 aliphatic carbocycles. The lowest BCUT2D eigenvalue weighted by atomic mass is 9.74. The molecule has 1 saturated carbocycles. The van der Waals surface area contributed by atoms with E-state index in [-0.39, 0.29) is 13.8 Å². The number of ether oxygens (including phenoxy) is 1. The Balaban J connectivity index is 1.38. The first-order valence-electron chi connectivity index (χ1n) is 10.2. The number of benzene rings is 1. The summed E-state index contributed by atoms with van der Waals surface area (Å²) in [5, 5.41) is 0.157. The first kappa shape index (κ1) is 19.2. The lowest BCUT2D eigenvalue weighted by Crippen LogP contribution is -2.29. The lowest BCUT2D eigenvalue weighted by Gasteiger charge is -2.37. The molecule has 1 heterocycles. The first-order chi connectivity index (χ1) is 12.2. The molecular formula is C21H32ClFOSi. The highest BCUT2D eigenvalue weighted by molar-refractivity contribution is 6.58. The molecule has 1 aromatic rings. The van der Waals surface area contributed by atoms with Crippen molar-refractivity contribution in [3.05, 3.63) is 29.0 Å². The zero-order valence-corrected chi connectivity index (χ0v) is 17.4. The summed E-state index contributed by atoms with van der Waals surface area (Å²) in [6.45, 7) is 3.06. The van der Waals surface area contributed by atoms with E-state index in [9.17, 15) is 4.39 Å². The second kappa shape index (κ2) is 9.41. The van der Waals surface area contributed by atoms with Crippen molar-refractivity contribution in [1.82, 2.24) is 0 Å². The van der Waals surface area contributed by atoms with Crippen LogP contribution in [0.15, 0.2) is 18.2 Å². The minimum Gasteiger partial charge on any atom is -0.493 e. The van der Waals surface area contributed by atoms with E-state index in [0.29, 0.717) is 18.3 Å². The van der Waals surface area contributed by atoms with Crippen molar-refractivity contribution >= 4 is 20.4 Å². The van der Waals surface area contributed by atoms with Gasteiger partial charge in [-0.1, -0.05) is 55.9 Å². The van der Waals surface area contributed by atoms with E-state index >= 15 is 0 Å². The predicted molar refractivity (Wildman–Crippen MR) is 107 cm³/mol. The average Bonchev–Trinajstić information content (AvgIpc) is 2.64. The fourth-order valence-corrected chi connectivity index (χ4v) is 8.56. The van der Waals surface area contributed by atoms with Crippen LogP contribution < -0.4 is 4.74 Å². The molecule has 25 heavy (non-hydrogen) atoms. The SMILES string of the molecule is CCC[SiH]1CCC([C@H]2CC[C@H](COc3ccc(Cl)c(F)c3)CC2)CC1. The summed E-state index contributed by atoms with van der Waals surface area (Å²) in [4.78, 5) is 0. The van der Waals surface area contributed by atoms with Gasteiger partial charge < -0.3 is 4.74 Å². The summed E-state index contributed by atoms with van der Waals surface area (Å²) < 4.78 is 19.3. The molecule has 0 N–H and O–H groups in total. The van der Waals surface area contributed by atoms with Gasteiger partial charge in [-0.2, -0.15) is 0 Å². The minimum atomic E-state index is -0.398. The Morgan fingerprint density at radius 2 is 1.76 bits per heavy atom. The van der Waals surface area contributed by atoms with Crippen molar-refractivity contribution < 1.29 is 9.13 Å². The van der Waals surface area contributed by atoms with Crippen molar-refractivity contribution in [2.24, 2.45) is 17.8 Å². The van der Waals surface area contributed by atoms with Gasteiger partial charge in [-0.25, -0.2) is 4.39 Å². The van der Waals surface area contributed by atoms with E-state index in [1.165, 1.54) is 51.0 Å². The Bertz CT molecular complexity index is 537. The summed E-state index contributed by atoms with van der Waals surface area (Å²) in [5.41, 5.74) is 0. The number of halogens is 2. The van der Waals surface area contributed by atoms with Gasteiger partial charge in [0.25, 0.3) is 0 Å². The van der Waals surface area contributed by atoms with Crippen LogP contribution in [-0.4, -0.2) is 15.4 Å². The van der Waals surface area contributed by atoms with Gasteiger partial charge in [0.15, 0.2) is 0 Å². The molecule has 140 valence electrons. The van der Waals surface area contributed by atoms with E-state index in [2.05, 4.69) is 6.92 Å². The van der Waals surface area contributed by atoms with E-state index in [1.54, 1.807) is 30.3 Å². The first-order valence-corrected chi connectivity index (χ1v) is 13.1. The Morgan fingerprint density at radius 3 is 2.40 bits per heavy atom. The van der Waals surface area contributed by atoms with Gasteiger partial charge in [0.05, 0.1) is 11.6 Å². The Labute approximate surface area is 158 Å². The van der Waals surface area contributed by atoms with Crippen LogP contribution in [0.3, 0.4) is 0 Å². The third-order valence-corrected chi connectivity index (χ3v) is 10.5. The van der Waals surface area contributed by atoms with Crippen LogP contribution >= 0.6 is 11.6 Å². The van der Waals surface area contributed by atoms with Gasteiger partial charge in [0, 0.05) is 14.9 Å². The van der Waals surface area contributed by atoms with Crippen molar-refractivity contribution in [3.8, 4) is 5.75 Å². The van der Waals surface area contributed by atoms with Crippen LogP contribution in [0.4, 0.5) is 4.39 Å². The number of hydrogen-bond donors (Lipinski definition) is 0. The molecule has 0 unspecified atom stereocenters. The van der Waals surface area contributed by atoms with Gasteiger partial charge in [0.2, 0.25) is 0 Å². The van der Waals surface area contributed by atoms with E-state index in [4.69, 9.17) is 16.3 Å². The van der Waals surface area contributed by atoms with E-state index in [0.717, 1.165) is 11.8 Å². The molecule has 0 atom stereocenters. The lowest BCUT2D eigenvalue weighted by molar-refractivity contribution is 0.148. The summed E-state index contributed by atoms with van der Waals surface area (Å²) in [6, 6.07) is 9.50. The summed E-state index contributed by atoms with van der Waals surface area (Å²) in [5.74, 6) is 2.79. The van der Waals surface area contributed by atoms with Crippen LogP contribution in [-0.2, 0) is 0 Å². The second-order valence-corrected chi connectivity index (χ2v) is 12.1. The molecule has 3 rings (SSSR count). The van der Waals surface area contributed by atoms with Crippen molar-refractivity contribution in [2.75, 3.05) is 6.61 Å². The van der Waals surface area contributed by atoms with Crippen LogP contribution in [0.1, 0.15) is 51.9 Å². The van der Waals surface area contributed by atoms with E-state index in [1.807, 2.05) is 0 Å². The second-order valence-electron chi connectivity index (χ2n) is 8.24. The van der Waals surface area contributed by atoms with Crippen LogP contribution in [0.2, 0.25) is 23.2 Å². The number of hydrogen-bond acceptors (Lipinski definition) is 1. The molecule has 0 spiro atoms.